The fourth-order valence-corrected chi connectivity index (χ4v) is 12.4. The smallest absolute Gasteiger partial charge is 0.455 e. The van der Waals surface area contributed by atoms with Crippen molar-refractivity contribution in [3.8, 4) is 16.8 Å². The van der Waals surface area contributed by atoms with Gasteiger partial charge < -0.3 is 37.8 Å². The number of rotatable bonds is 5. The van der Waals surface area contributed by atoms with Crippen LogP contribution < -0.4 is 26.2 Å². The van der Waals surface area contributed by atoms with Crippen molar-refractivity contribution in [2.45, 2.75) is 85.0 Å². The van der Waals surface area contributed by atoms with Crippen LogP contribution in [0.5, 0.6) is 0 Å². The van der Waals surface area contributed by atoms with Crippen LogP contribution in [0.3, 0.4) is 0 Å². The second-order valence-corrected chi connectivity index (χ2v) is 23.6. The molecule has 2 aliphatic rings. The first-order valence-corrected chi connectivity index (χ1v) is 26.2. The van der Waals surface area contributed by atoms with Crippen LogP contribution in [0.2, 0.25) is 0 Å². The van der Waals surface area contributed by atoms with Gasteiger partial charge >= 0.3 is 54.6 Å². The summed E-state index contributed by atoms with van der Waals surface area (Å²) < 4.78 is 9.05. The quantitative estimate of drug-likeness (QED) is 0.127. The molecule has 0 radical (unpaired) electrons. The molecule has 0 unspecified atom stereocenters. The molecule has 11 aromatic rings. The first-order chi connectivity index (χ1) is 35.5. The van der Waals surface area contributed by atoms with E-state index in [1.807, 2.05) is 6.07 Å². The number of hydrogen-bond donors (Lipinski definition) is 0. The normalized spacial score (nSPS) is 13.2. The third-order valence-electron chi connectivity index (χ3n) is 15.9. The van der Waals surface area contributed by atoms with E-state index in [0.717, 1.165) is 84.0 Å². The van der Waals surface area contributed by atoms with E-state index in [1.165, 1.54) is 54.9 Å². The van der Waals surface area contributed by atoms with Crippen molar-refractivity contribution >= 4 is 101 Å². The molecule has 4 nitrogen and oxygen atoms in total. The van der Waals surface area contributed by atoms with E-state index in [0.29, 0.717) is 6.42 Å². The van der Waals surface area contributed by atoms with Crippen molar-refractivity contribution in [3.05, 3.63) is 218 Å². The van der Waals surface area contributed by atoms with Gasteiger partial charge in [0.15, 0.2) is 0 Å². The van der Waals surface area contributed by atoms with Gasteiger partial charge in [-0.25, -0.2) is 5.69 Å². The molecular formula is C69H60BCd2N3O. The standard InChI is InChI=1S/C69H60BN3O.2Cd/c1-12-48-55(69(9,10)11)40-61-63-65(48)73(47-35-31-44(32-36-47)67(3,4)5)64-42(2)54(68(6,7)8)37-38-56(64)70(63)57-39-53-50-23-16-18-27-58(50)71(45-21-14-13-15-22-45)59(53)41-60(57)72(61)46-33-29-43(30-34-46)49-25-20-26-52-51-24-17-19-28-62(51)74-66(49)52;;/h13-34,37-41H,1-2,12H2,3-11H3;;/q-4;2*+2. The third-order valence-corrected chi connectivity index (χ3v) is 15.9. The van der Waals surface area contributed by atoms with Crippen LogP contribution in [0.4, 0.5) is 34.1 Å². The van der Waals surface area contributed by atoms with Gasteiger partial charge in [-0.15, -0.1) is 22.5 Å². The summed E-state index contributed by atoms with van der Waals surface area (Å²) in [7, 11) is 0. The molecule has 7 heteroatoms. The van der Waals surface area contributed by atoms with Gasteiger partial charge in [-0.2, -0.15) is 18.9 Å². The van der Waals surface area contributed by atoms with Crippen LogP contribution in [-0.2, 0) is 77.3 Å². The van der Waals surface area contributed by atoms with Crippen LogP contribution in [0.15, 0.2) is 168 Å². The Hall–Kier alpha value is -6.04. The molecule has 9 aromatic carbocycles. The summed E-state index contributed by atoms with van der Waals surface area (Å²) in [5, 5.41) is 4.69. The van der Waals surface area contributed by atoms with Gasteiger partial charge in [-0.05, 0) is 76.0 Å². The number of benzene rings is 9. The summed E-state index contributed by atoms with van der Waals surface area (Å²) in [6.45, 7) is 30.4. The Bertz CT molecular complexity index is 4070. The van der Waals surface area contributed by atoms with E-state index < -0.39 is 0 Å². The van der Waals surface area contributed by atoms with Gasteiger partial charge in [0.2, 0.25) is 6.71 Å². The van der Waals surface area contributed by atoms with Crippen LogP contribution in [0.25, 0.3) is 60.6 Å². The van der Waals surface area contributed by atoms with Gasteiger partial charge in [0.1, 0.15) is 11.2 Å². The SMILES string of the molecule is [CH2-]Cc1c(C(C)(C)C)cc2c3c1N(c1[c-]cc(C(C)(C)C)c[c-]1)c1c(ccc(C(C)(C)C)c1[CH2-])B3c1cc3c4ccccc4n(-c4ccccc4)c3cc1N2c1ccc(-c2cccc3c2oc2ccccc23)cc1.[Cd+2].[Cd+2]. The molecular weight excluding hydrogens is 1120 g/mol. The van der Waals surface area contributed by atoms with Crippen molar-refractivity contribution in [1.29, 1.82) is 0 Å². The van der Waals surface area contributed by atoms with Crippen LogP contribution in [0, 0.1) is 26.0 Å². The number of para-hydroxylation sites is 4. The molecule has 2 aliphatic heterocycles. The molecule has 4 heterocycles. The average molecular weight is 1180 g/mol. The van der Waals surface area contributed by atoms with Gasteiger partial charge in [0.05, 0.1) is 11.0 Å². The Kier molecular flexibility index (Phi) is 12.9. The molecule has 0 aliphatic carbocycles. The molecule has 0 spiro atoms. The summed E-state index contributed by atoms with van der Waals surface area (Å²) in [6, 6.07) is 67.9. The maximum atomic E-state index is 6.60. The first kappa shape index (κ1) is 52.0. The third kappa shape index (κ3) is 8.02. The summed E-state index contributed by atoms with van der Waals surface area (Å²) in [5.41, 5.74) is 23.1. The van der Waals surface area contributed by atoms with Crippen molar-refractivity contribution < 1.29 is 59.0 Å². The summed E-state index contributed by atoms with van der Waals surface area (Å²) >= 11 is 0. The molecule has 0 atom stereocenters. The van der Waals surface area contributed by atoms with Crippen LogP contribution in [-0.4, -0.2) is 11.3 Å². The first-order valence-electron chi connectivity index (χ1n) is 26.2. The predicted molar refractivity (Wildman–Crippen MR) is 315 cm³/mol. The number of aromatic nitrogens is 1. The monoisotopic (exact) mass is 1190 g/mol. The fraction of sp³-hybridized carbons (Fsp3) is 0.188. The predicted octanol–water partition coefficient (Wildman–Crippen LogP) is 16.5. The van der Waals surface area contributed by atoms with Gasteiger partial charge in [-0.1, -0.05) is 176 Å². The number of furan rings is 1. The maximum absolute atomic E-state index is 6.60. The largest absolute Gasteiger partial charge is 2.00 e. The average Bonchev–Trinajstić information content (AvgIpc) is 4.03. The van der Waals surface area contributed by atoms with Crippen LogP contribution >= 0.6 is 0 Å². The van der Waals surface area contributed by atoms with Crippen LogP contribution in [0.1, 0.15) is 90.1 Å². The molecule has 13 rings (SSSR count). The van der Waals surface area contributed by atoms with E-state index >= 15 is 0 Å². The van der Waals surface area contributed by atoms with Crippen molar-refractivity contribution in [1.82, 2.24) is 4.57 Å². The second-order valence-electron chi connectivity index (χ2n) is 23.6. The molecule has 0 amide bonds. The Labute approximate surface area is 489 Å². The van der Waals surface area contributed by atoms with E-state index in [9.17, 15) is 0 Å². The second kappa shape index (κ2) is 18.9. The molecule has 2 aromatic heterocycles. The van der Waals surface area contributed by atoms with E-state index in [2.05, 4.69) is 247 Å². The topological polar surface area (TPSA) is 24.6 Å². The minimum atomic E-state index is -0.241. The zero-order chi connectivity index (χ0) is 51.2. The molecule has 76 heavy (non-hydrogen) atoms. The molecule has 364 valence electrons. The molecule has 0 fully saturated rings. The number of anilines is 6. The minimum absolute atomic E-state index is 0. The Balaban J connectivity index is 0.00000308. The van der Waals surface area contributed by atoms with Gasteiger partial charge in [0.25, 0.3) is 0 Å². The summed E-state index contributed by atoms with van der Waals surface area (Å²) in [4.78, 5) is 5.03. The van der Waals surface area contributed by atoms with E-state index in [-0.39, 0.29) is 77.6 Å². The molecule has 0 saturated carbocycles. The maximum Gasteiger partial charge on any atom is 2.00 e. The Morgan fingerprint density at radius 2 is 1.20 bits per heavy atom. The van der Waals surface area contributed by atoms with Crippen molar-refractivity contribution in [2.24, 2.45) is 0 Å². The summed E-state index contributed by atoms with van der Waals surface area (Å²) in [6.07, 6.45) is 0.595. The van der Waals surface area contributed by atoms with Gasteiger partial charge in [0, 0.05) is 55.5 Å². The number of nitrogens with zero attached hydrogens (tertiary/aromatic N) is 3. The van der Waals surface area contributed by atoms with Gasteiger partial charge in [-0.3, -0.25) is 17.7 Å². The van der Waals surface area contributed by atoms with Crippen molar-refractivity contribution in [3.63, 3.8) is 0 Å². The molecule has 0 saturated heterocycles. The fourth-order valence-electron chi connectivity index (χ4n) is 12.4. The Morgan fingerprint density at radius 1 is 0.539 bits per heavy atom. The van der Waals surface area contributed by atoms with E-state index in [4.69, 9.17) is 18.3 Å². The number of fused-ring (bicyclic) bond motifs is 10. The zero-order valence-electron chi connectivity index (χ0n) is 45.5. The number of hydrogen-bond acceptors (Lipinski definition) is 3. The molecule has 0 N–H and O–H groups in total. The van der Waals surface area contributed by atoms with E-state index in [1.54, 1.807) is 0 Å². The summed E-state index contributed by atoms with van der Waals surface area (Å²) in [5.74, 6) is 0. The van der Waals surface area contributed by atoms with Crippen molar-refractivity contribution in [2.75, 3.05) is 9.80 Å². The molecule has 0 bridgehead atoms. The Morgan fingerprint density at radius 3 is 1.88 bits per heavy atom. The minimum Gasteiger partial charge on any atom is -0.455 e. The zero-order valence-corrected chi connectivity index (χ0v) is 53.5.